The van der Waals surface area contributed by atoms with E-state index in [9.17, 15) is 9.59 Å². The summed E-state index contributed by atoms with van der Waals surface area (Å²) in [5, 5.41) is 17.2. The molecule has 0 heterocycles. The number of anilines is 2. The Balaban J connectivity index is 1.99. The summed E-state index contributed by atoms with van der Waals surface area (Å²) >= 11 is 0. The van der Waals surface area contributed by atoms with Gasteiger partial charge in [-0.1, -0.05) is 19.1 Å². The molecule has 32 heavy (non-hydrogen) atoms. The Hall–Kier alpha value is -4.17. The van der Waals surface area contributed by atoms with E-state index in [0.29, 0.717) is 35.5 Å². The molecule has 8 nitrogen and oxygen atoms in total. The van der Waals surface area contributed by atoms with E-state index in [1.807, 2.05) is 26.0 Å². The summed E-state index contributed by atoms with van der Waals surface area (Å²) in [5.41, 5.74) is 2.17. The molecule has 1 unspecified atom stereocenters. The first-order valence-electron chi connectivity index (χ1n) is 10.1. The molecule has 0 fully saturated rings. The van der Waals surface area contributed by atoms with Crippen LogP contribution in [0.4, 0.5) is 21.0 Å². The fourth-order valence-corrected chi connectivity index (χ4v) is 2.89. The van der Waals surface area contributed by atoms with Crippen molar-refractivity contribution >= 4 is 23.5 Å². The summed E-state index contributed by atoms with van der Waals surface area (Å²) < 4.78 is 10.5. The van der Waals surface area contributed by atoms with Crippen molar-refractivity contribution < 1.29 is 19.1 Å². The molecule has 0 spiro atoms. The Labute approximate surface area is 187 Å². The lowest BCUT2D eigenvalue weighted by Crippen LogP contribution is -2.31. The number of hydrogen-bond donors (Lipinski definition) is 3. The maximum atomic E-state index is 12.4. The number of hydrogen-bond acceptors (Lipinski definition) is 5. The van der Waals surface area contributed by atoms with Gasteiger partial charge in [-0.3, -0.25) is 0 Å². The van der Waals surface area contributed by atoms with E-state index in [1.165, 1.54) is 7.11 Å². The summed E-state index contributed by atoms with van der Waals surface area (Å²) in [7, 11) is 1.45. The molecule has 3 N–H and O–H groups in total. The second-order valence-corrected chi connectivity index (χ2v) is 6.94. The summed E-state index contributed by atoms with van der Waals surface area (Å²) in [6, 6.07) is 13.0. The third-order valence-electron chi connectivity index (χ3n) is 4.63. The van der Waals surface area contributed by atoms with Gasteiger partial charge in [0.25, 0.3) is 0 Å². The number of rotatable bonds is 8. The van der Waals surface area contributed by atoms with Gasteiger partial charge in [0.05, 0.1) is 18.7 Å². The van der Waals surface area contributed by atoms with Gasteiger partial charge in [-0.15, -0.1) is 12.3 Å². The molecule has 0 aromatic heterocycles. The second-order valence-electron chi connectivity index (χ2n) is 6.94. The first-order valence-corrected chi connectivity index (χ1v) is 10.1. The number of ether oxygens (including phenoxy) is 2. The molecule has 0 saturated carbocycles. The average molecular weight is 434 g/mol. The van der Waals surface area contributed by atoms with E-state index in [2.05, 4.69) is 21.9 Å². The minimum Gasteiger partial charge on any atom is -0.495 e. The largest absolute Gasteiger partial charge is 0.495 e. The van der Waals surface area contributed by atoms with Gasteiger partial charge >= 0.3 is 12.1 Å². The maximum Gasteiger partial charge on any atom is 0.407 e. The normalized spacial score (nSPS) is 11.8. The zero-order chi connectivity index (χ0) is 23.5. The molecule has 2 rings (SSSR count). The van der Waals surface area contributed by atoms with Crippen molar-refractivity contribution in [3.63, 3.8) is 0 Å². The molecule has 8 heteroatoms. The number of alkyl carbamates (subject to hydrolysis) is 1. The molecule has 166 valence electrons. The third-order valence-corrected chi connectivity index (χ3v) is 4.63. The molecule has 0 aliphatic heterocycles. The van der Waals surface area contributed by atoms with Crippen LogP contribution in [0.2, 0.25) is 0 Å². The van der Waals surface area contributed by atoms with E-state index in [1.54, 1.807) is 36.4 Å². The number of terminal acetylenes is 1. The lowest BCUT2D eigenvalue weighted by atomic mass is 10.1. The molecular weight excluding hydrogens is 408 g/mol. The Kier molecular flexibility index (Phi) is 8.94. The number of nitrogens with zero attached hydrogens (tertiary/aromatic N) is 1. The van der Waals surface area contributed by atoms with Crippen LogP contribution in [-0.2, 0) is 4.74 Å². The number of nitrogens with one attached hydrogen (secondary N) is 3. The summed E-state index contributed by atoms with van der Waals surface area (Å²) in [6.07, 6.45) is 5.40. The summed E-state index contributed by atoms with van der Waals surface area (Å²) in [5.74, 6) is 2.86. The quantitative estimate of drug-likeness (QED) is 0.517. The molecule has 3 amide bonds. The molecule has 0 aliphatic carbocycles. The van der Waals surface area contributed by atoms with Crippen LogP contribution >= 0.6 is 0 Å². The molecule has 0 aliphatic rings. The third kappa shape index (κ3) is 6.96. The van der Waals surface area contributed by atoms with Gasteiger partial charge < -0.3 is 25.4 Å². The summed E-state index contributed by atoms with van der Waals surface area (Å²) in [6.45, 7) is 3.71. The van der Waals surface area contributed by atoms with Crippen molar-refractivity contribution in [2.45, 2.75) is 38.8 Å². The molecule has 2 aromatic rings. The van der Waals surface area contributed by atoms with Crippen molar-refractivity contribution in [3.05, 3.63) is 53.6 Å². The number of nitriles is 1. The standard InChI is InChI=1S/C24H26N4O4/c1-5-8-21(6-2)32-24(30)26-16(3)17-9-7-10-19(13-17)27-23(29)28-20-12-11-18(15-25)22(14-20)31-4/h1,7,9-14,16,21H,6,8H2,2-4H3,(H,26,30)(H2,27,28,29)/t16-,21?/m0/s1. The van der Waals surface area contributed by atoms with Crippen LogP contribution < -0.4 is 20.7 Å². The fourth-order valence-electron chi connectivity index (χ4n) is 2.89. The SMILES string of the molecule is C#CCC(CC)OC(=O)N[C@@H](C)c1cccc(NC(=O)Nc2ccc(C#N)c(OC)c2)c1. The highest BCUT2D eigenvalue weighted by Gasteiger charge is 2.15. The van der Waals surface area contributed by atoms with Gasteiger partial charge in [-0.25, -0.2) is 9.59 Å². The molecule has 0 bridgehead atoms. The fraction of sp³-hybridized carbons (Fsp3) is 0.292. The van der Waals surface area contributed by atoms with Crippen molar-refractivity contribution in [2.24, 2.45) is 0 Å². The predicted molar refractivity (Wildman–Crippen MR) is 122 cm³/mol. The van der Waals surface area contributed by atoms with Gasteiger partial charge in [0, 0.05) is 23.9 Å². The van der Waals surface area contributed by atoms with Crippen molar-refractivity contribution in [2.75, 3.05) is 17.7 Å². The molecule has 2 atom stereocenters. The first-order chi connectivity index (χ1) is 15.4. The van der Waals surface area contributed by atoms with E-state index < -0.39 is 12.1 Å². The number of methoxy groups -OCH3 is 1. The maximum absolute atomic E-state index is 12.4. The zero-order valence-corrected chi connectivity index (χ0v) is 18.3. The van der Waals surface area contributed by atoms with Crippen LogP contribution in [0.25, 0.3) is 0 Å². The number of amides is 3. The second kappa shape index (κ2) is 11.9. The molecule has 2 aromatic carbocycles. The van der Waals surface area contributed by atoms with E-state index in [4.69, 9.17) is 21.2 Å². The Morgan fingerprint density at radius 3 is 2.50 bits per heavy atom. The first kappa shape index (κ1) is 24.1. The highest BCUT2D eigenvalue weighted by Crippen LogP contribution is 2.23. The van der Waals surface area contributed by atoms with Crippen LogP contribution in [-0.4, -0.2) is 25.3 Å². The lowest BCUT2D eigenvalue weighted by molar-refractivity contribution is 0.0952. The van der Waals surface area contributed by atoms with Crippen LogP contribution in [0.5, 0.6) is 5.75 Å². The smallest absolute Gasteiger partial charge is 0.407 e. The van der Waals surface area contributed by atoms with E-state index >= 15 is 0 Å². The van der Waals surface area contributed by atoms with Crippen molar-refractivity contribution in [1.82, 2.24) is 5.32 Å². The minimum atomic E-state index is -0.550. The molecule has 0 radical (unpaired) electrons. The van der Waals surface area contributed by atoms with Gasteiger partial charge in [-0.05, 0) is 43.2 Å². The molecular formula is C24H26N4O4. The van der Waals surface area contributed by atoms with Crippen LogP contribution in [0.15, 0.2) is 42.5 Å². The number of carbonyl (C=O) groups is 2. The predicted octanol–water partition coefficient (Wildman–Crippen LogP) is 4.80. The van der Waals surface area contributed by atoms with Gasteiger partial charge in [-0.2, -0.15) is 5.26 Å². The topological polar surface area (TPSA) is 112 Å². The minimum absolute atomic E-state index is 0.329. The van der Waals surface area contributed by atoms with Crippen molar-refractivity contribution in [1.29, 1.82) is 5.26 Å². The van der Waals surface area contributed by atoms with Gasteiger partial charge in [0.15, 0.2) is 0 Å². The Bertz CT molecular complexity index is 1040. The van der Waals surface area contributed by atoms with Crippen LogP contribution in [0, 0.1) is 23.7 Å². The number of benzene rings is 2. The van der Waals surface area contributed by atoms with Gasteiger partial charge in [0.1, 0.15) is 17.9 Å². The Morgan fingerprint density at radius 2 is 1.88 bits per heavy atom. The van der Waals surface area contributed by atoms with Crippen molar-refractivity contribution in [3.8, 4) is 24.2 Å². The number of carbonyl (C=O) groups excluding carboxylic acids is 2. The zero-order valence-electron chi connectivity index (χ0n) is 18.3. The van der Waals surface area contributed by atoms with E-state index in [0.717, 1.165) is 5.56 Å². The lowest BCUT2D eigenvalue weighted by Gasteiger charge is -2.18. The van der Waals surface area contributed by atoms with Crippen LogP contribution in [0.1, 0.15) is 43.9 Å². The monoisotopic (exact) mass is 434 g/mol. The average Bonchev–Trinajstić information content (AvgIpc) is 2.78. The Morgan fingerprint density at radius 1 is 1.16 bits per heavy atom. The molecule has 0 saturated heterocycles. The highest BCUT2D eigenvalue weighted by atomic mass is 16.6. The summed E-state index contributed by atoms with van der Waals surface area (Å²) in [4.78, 5) is 24.5. The van der Waals surface area contributed by atoms with E-state index in [-0.39, 0.29) is 12.1 Å². The van der Waals surface area contributed by atoms with Crippen LogP contribution in [0.3, 0.4) is 0 Å². The number of urea groups is 1. The highest BCUT2D eigenvalue weighted by molar-refractivity contribution is 6.00. The van der Waals surface area contributed by atoms with Gasteiger partial charge in [0.2, 0.25) is 0 Å².